The number of allylic oxidation sites excluding steroid dienone is 2. The van der Waals surface area contributed by atoms with Gasteiger partial charge in [-0.3, -0.25) is 0 Å². The van der Waals surface area contributed by atoms with Crippen molar-refractivity contribution in [3.63, 3.8) is 0 Å². The van der Waals surface area contributed by atoms with Crippen LogP contribution >= 0.6 is 0 Å². The van der Waals surface area contributed by atoms with Crippen LogP contribution in [0.5, 0.6) is 0 Å². The molecule has 0 aliphatic carbocycles. The van der Waals surface area contributed by atoms with Gasteiger partial charge in [0, 0.05) is 35.3 Å². The predicted molar refractivity (Wildman–Crippen MR) is 69.8 cm³/mol. The zero-order valence-electron chi connectivity index (χ0n) is 10.9. The summed E-state index contributed by atoms with van der Waals surface area (Å²) in [5.41, 5.74) is 3.33. The fourth-order valence-corrected chi connectivity index (χ4v) is 2.78. The van der Waals surface area contributed by atoms with Crippen molar-refractivity contribution in [3.8, 4) is 6.07 Å². The monoisotopic (exact) mass is 242 g/mol. The Kier molecular flexibility index (Phi) is 3.69. The van der Waals surface area contributed by atoms with Crippen molar-refractivity contribution in [2.24, 2.45) is 11.8 Å². The fourth-order valence-electron chi connectivity index (χ4n) is 2.78. The highest BCUT2D eigenvalue weighted by atomic mass is 15.0. The van der Waals surface area contributed by atoms with Gasteiger partial charge in [-0.25, -0.2) is 4.85 Å². The first-order valence-electron chi connectivity index (χ1n) is 6.39. The summed E-state index contributed by atoms with van der Waals surface area (Å²) >= 11 is 0. The molecule has 0 aromatic heterocycles. The minimum Gasteiger partial charge on any atom is -0.371 e. The lowest BCUT2D eigenvalue weighted by Gasteiger charge is -2.32. The lowest BCUT2D eigenvalue weighted by molar-refractivity contribution is 0.402. The van der Waals surface area contributed by atoms with Gasteiger partial charge in [-0.2, -0.15) is 5.26 Å². The van der Waals surface area contributed by atoms with E-state index >= 15 is 0 Å². The Balaban J connectivity index is 2.34. The molecule has 0 spiro atoms. The van der Waals surface area contributed by atoms with Crippen LogP contribution in [0.4, 0.5) is 0 Å². The van der Waals surface area contributed by atoms with Crippen LogP contribution in [0.15, 0.2) is 22.7 Å². The second kappa shape index (κ2) is 5.25. The number of rotatable bonds is 1. The summed E-state index contributed by atoms with van der Waals surface area (Å²) in [5, 5.41) is 15.8. The van der Waals surface area contributed by atoms with Crippen LogP contribution in [0, 0.1) is 29.7 Å². The highest BCUT2D eigenvalue weighted by Gasteiger charge is 2.30. The number of dihydropyridines is 1. The van der Waals surface area contributed by atoms with Crippen molar-refractivity contribution in [3.05, 3.63) is 34.1 Å². The van der Waals surface area contributed by atoms with Crippen LogP contribution in [-0.2, 0) is 0 Å². The van der Waals surface area contributed by atoms with Gasteiger partial charge in [0.15, 0.2) is 5.70 Å². The molecule has 4 nitrogen and oxygen atoms in total. The van der Waals surface area contributed by atoms with Crippen molar-refractivity contribution in [2.45, 2.75) is 26.7 Å². The zero-order valence-corrected chi connectivity index (χ0v) is 10.9. The van der Waals surface area contributed by atoms with E-state index in [-0.39, 0.29) is 5.92 Å². The van der Waals surface area contributed by atoms with Gasteiger partial charge in [-0.05, 0) is 26.3 Å². The number of nitriles is 1. The standard InChI is InChI=1S/C14H18N4/c1-9-12(7-15)10(2)18-14(13(9)16-3)11-5-4-6-17-8-11/h9,11,17-18H,4-6,8H2,1-2H3/t9-,11?/m1/s1. The summed E-state index contributed by atoms with van der Waals surface area (Å²) in [6, 6.07) is 2.22. The Labute approximate surface area is 108 Å². The second-order valence-corrected chi connectivity index (χ2v) is 4.95. The van der Waals surface area contributed by atoms with Crippen molar-refractivity contribution >= 4 is 0 Å². The molecule has 2 heterocycles. The molecule has 0 saturated carbocycles. The van der Waals surface area contributed by atoms with E-state index in [1.54, 1.807) is 0 Å². The van der Waals surface area contributed by atoms with Gasteiger partial charge in [0.05, 0.1) is 12.6 Å². The smallest absolute Gasteiger partial charge is 0.192 e. The molecule has 0 amide bonds. The van der Waals surface area contributed by atoms with E-state index in [1.807, 2.05) is 13.8 Å². The third-order valence-electron chi connectivity index (χ3n) is 3.79. The maximum Gasteiger partial charge on any atom is 0.192 e. The summed E-state index contributed by atoms with van der Waals surface area (Å²) < 4.78 is 0. The Morgan fingerprint density at radius 1 is 1.50 bits per heavy atom. The summed E-state index contributed by atoms with van der Waals surface area (Å²) in [4.78, 5) is 3.67. The van der Waals surface area contributed by atoms with Crippen molar-refractivity contribution < 1.29 is 0 Å². The van der Waals surface area contributed by atoms with Crippen LogP contribution in [-0.4, -0.2) is 13.1 Å². The average Bonchev–Trinajstić information content (AvgIpc) is 2.39. The molecule has 1 unspecified atom stereocenters. The second-order valence-electron chi connectivity index (χ2n) is 4.95. The minimum absolute atomic E-state index is 0.0781. The van der Waals surface area contributed by atoms with E-state index in [1.165, 1.54) is 0 Å². The van der Waals surface area contributed by atoms with Gasteiger partial charge in [-0.1, -0.05) is 6.92 Å². The van der Waals surface area contributed by atoms with Crippen LogP contribution in [0.1, 0.15) is 26.7 Å². The molecule has 94 valence electrons. The molecule has 0 radical (unpaired) electrons. The lowest BCUT2D eigenvalue weighted by atomic mass is 9.86. The molecule has 4 heteroatoms. The Hall–Kier alpha value is -1.78. The van der Waals surface area contributed by atoms with Gasteiger partial charge in [0.2, 0.25) is 0 Å². The quantitative estimate of drug-likeness (QED) is 0.693. The van der Waals surface area contributed by atoms with Gasteiger partial charge in [0.1, 0.15) is 0 Å². The molecule has 1 saturated heterocycles. The van der Waals surface area contributed by atoms with E-state index in [0.29, 0.717) is 17.2 Å². The Morgan fingerprint density at radius 3 is 2.83 bits per heavy atom. The predicted octanol–water partition coefficient (Wildman–Crippen LogP) is 2.15. The molecule has 0 aromatic rings. The highest BCUT2D eigenvalue weighted by molar-refractivity contribution is 5.44. The van der Waals surface area contributed by atoms with Crippen LogP contribution in [0.3, 0.4) is 0 Å². The van der Waals surface area contributed by atoms with Gasteiger partial charge in [0.25, 0.3) is 0 Å². The fraction of sp³-hybridized carbons (Fsp3) is 0.571. The maximum absolute atomic E-state index is 9.16. The molecule has 2 atom stereocenters. The first-order chi connectivity index (χ1) is 8.69. The van der Waals surface area contributed by atoms with Gasteiger partial charge in [-0.15, -0.1) is 0 Å². The molecular formula is C14H18N4. The molecule has 1 fully saturated rings. The SMILES string of the molecule is [C-]#[N+]C1=C(C2CCCNC2)NC(C)=C(C#N)[C@H]1C. The van der Waals surface area contributed by atoms with E-state index in [4.69, 9.17) is 11.8 Å². The minimum atomic E-state index is -0.0781. The molecule has 0 aromatic carbocycles. The van der Waals surface area contributed by atoms with Gasteiger partial charge < -0.3 is 10.6 Å². The molecule has 2 aliphatic heterocycles. The van der Waals surface area contributed by atoms with E-state index < -0.39 is 0 Å². The molecule has 2 N–H and O–H groups in total. The average molecular weight is 242 g/mol. The molecule has 0 bridgehead atoms. The number of piperidine rings is 1. The Morgan fingerprint density at radius 2 is 2.28 bits per heavy atom. The summed E-state index contributed by atoms with van der Waals surface area (Å²) in [7, 11) is 0. The molecule has 2 aliphatic rings. The van der Waals surface area contributed by atoms with Crippen LogP contribution in [0.2, 0.25) is 0 Å². The Bertz CT molecular complexity index is 481. The van der Waals surface area contributed by atoms with Crippen LogP contribution < -0.4 is 10.6 Å². The third-order valence-corrected chi connectivity index (χ3v) is 3.79. The zero-order chi connectivity index (χ0) is 13.1. The third kappa shape index (κ3) is 2.12. The van der Waals surface area contributed by atoms with E-state index in [2.05, 4.69) is 21.5 Å². The highest BCUT2D eigenvalue weighted by Crippen LogP contribution is 2.34. The first-order valence-corrected chi connectivity index (χ1v) is 6.39. The van der Waals surface area contributed by atoms with Crippen molar-refractivity contribution in [2.75, 3.05) is 13.1 Å². The van der Waals surface area contributed by atoms with Gasteiger partial charge >= 0.3 is 0 Å². The topological polar surface area (TPSA) is 52.2 Å². The summed E-state index contributed by atoms with van der Waals surface area (Å²) in [6.07, 6.45) is 2.25. The number of hydrogen-bond donors (Lipinski definition) is 2. The van der Waals surface area contributed by atoms with Crippen molar-refractivity contribution in [1.29, 1.82) is 5.26 Å². The molecule has 2 rings (SSSR count). The van der Waals surface area contributed by atoms with E-state index in [9.17, 15) is 0 Å². The summed E-state index contributed by atoms with van der Waals surface area (Å²) in [6.45, 7) is 13.2. The number of nitrogens with zero attached hydrogens (tertiary/aromatic N) is 2. The van der Waals surface area contributed by atoms with Crippen molar-refractivity contribution in [1.82, 2.24) is 10.6 Å². The van der Waals surface area contributed by atoms with Crippen LogP contribution in [0.25, 0.3) is 4.85 Å². The number of hydrogen-bond acceptors (Lipinski definition) is 3. The molecule has 18 heavy (non-hydrogen) atoms. The largest absolute Gasteiger partial charge is 0.371 e. The summed E-state index contributed by atoms with van der Waals surface area (Å²) in [5.74, 6) is 0.297. The first kappa shape index (κ1) is 12.7. The number of nitrogens with one attached hydrogen (secondary N) is 2. The lowest BCUT2D eigenvalue weighted by Crippen LogP contribution is -2.37. The van der Waals surface area contributed by atoms with E-state index in [0.717, 1.165) is 37.3 Å². The normalized spacial score (nSPS) is 28.4. The molecular weight excluding hydrogens is 224 g/mol. The maximum atomic E-state index is 9.16.